The van der Waals surface area contributed by atoms with E-state index in [0.717, 1.165) is 0 Å². The van der Waals surface area contributed by atoms with Crippen LogP contribution in [0.1, 0.15) is 6.42 Å². The molecule has 0 bridgehead atoms. The molecule has 1 saturated heterocycles. The van der Waals surface area contributed by atoms with Crippen LogP contribution in [-0.2, 0) is 14.8 Å². The number of para-hydroxylation sites is 1. The highest BCUT2D eigenvalue weighted by atomic mass is 32.2. The second kappa shape index (κ2) is 6.01. The molecule has 1 fully saturated rings. The number of rotatable bonds is 3. The van der Waals surface area contributed by atoms with E-state index in [4.69, 9.17) is 9.47 Å². The zero-order chi connectivity index (χ0) is 16.6. The summed E-state index contributed by atoms with van der Waals surface area (Å²) in [7, 11) is -0.357. The molecule has 1 unspecified atom stereocenters. The first-order chi connectivity index (χ1) is 10.9. The lowest BCUT2D eigenvalue weighted by Crippen LogP contribution is -2.34. The monoisotopic (exact) mass is 340 g/mol. The molecule has 1 atom stereocenters. The van der Waals surface area contributed by atoms with E-state index in [2.05, 4.69) is 0 Å². The average molecular weight is 340 g/mol. The fraction of sp³-hybridized carbons (Fsp3) is 0.533. The summed E-state index contributed by atoms with van der Waals surface area (Å²) in [5, 5.41) is 0. The lowest BCUT2D eigenvalue weighted by molar-refractivity contribution is -0.132. The molecule has 8 heteroatoms. The van der Waals surface area contributed by atoms with Crippen molar-refractivity contribution in [1.29, 1.82) is 0 Å². The molecule has 0 N–H and O–H groups in total. The van der Waals surface area contributed by atoms with Gasteiger partial charge in [-0.2, -0.15) is 4.31 Å². The quantitative estimate of drug-likeness (QED) is 0.803. The molecule has 0 radical (unpaired) electrons. The van der Waals surface area contributed by atoms with Gasteiger partial charge in [0.15, 0.2) is 11.5 Å². The van der Waals surface area contributed by atoms with Gasteiger partial charge in [0.05, 0.1) is 5.92 Å². The van der Waals surface area contributed by atoms with Crippen molar-refractivity contribution in [2.24, 2.45) is 5.92 Å². The Bertz CT molecular complexity index is 717. The second-order valence-corrected chi connectivity index (χ2v) is 7.77. The zero-order valence-corrected chi connectivity index (χ0v) is 14.0. The fourth-order valence-corrected chi connectivity index (χ4v) is 4.55. The Morgan fingerprint density at radius 1 is 1.26 bits per heavy atom. The van der Waals surface area contributed by atoms with Gasteiger partial charge in [-0.25, -0.2) is 8.42 Å². The Morgan fingerprint density at radius 2 is 2.00 bits per heavy atom. The number of nitrogens with zero attached hydrogens (tertiary/aromatic N) is 2. The second-order valence-electron chi connectivity index (χ2n) is 5.86. The van der Waals surface area contributed by atoms with Crippen LogP contribution >= 0.6 is 0 Å². The molecule has 1 aromatic rings. The van der Waals surface area contributed by atoms with Gasteiger partial charge >= 0.3 is 0 Å². The number of carbonyl (C=O) groups excluding carboxylic acids is 1. The molecule has 2 heterocycles. The lowest BCUT2D eigenvalue weighted by Gasteiger charge is -2.23. The summed E-state index contributed by atoms with van der Waals surface area (Å²) in [4.78, 5) is 13.7. The molecule has 0 aliphatic carbocycles. The van der Waals surface area contributed by atoms with Gasteiger partial charge in [-0.05, 0) is 18.6 Å². The van der Waals surface area contributed by atoms with Crippen LogP contribution in [0.15, 0.2) is 23.1 Å². The molecule has 7 nitrogen and oxygen atoms in total. The van der Waals surface area contributed by atoms with Gasteiger partial charge in [0.25, 0.3) is 0 Å². The van der Waals surface area contributed by atoms with Crippen molar-refractivity contribution in [2.45, 2.75) is 11.3 Å². The van der Waals surface area contributed by atoms with Crippen LogP contribution < -0.4 is 9.47 Å². The number of hydrogen-bond donors (Lipinski definition) is 0. The van der Waals surface area contributed by atoms with Gasteiger partial charge in [0, 0.05) is 27.2 Å². The van der Waals surface area contributed by atoms with Crippen LogP contribution in [0.2, 0.25) is 0 Å². The first kappa shape index (κ1) is 16.1. The van der Waals surface area contributed by atoms with Crippen molar-refractivity contribution in [2.75, 3.05) is 40.4 Å². The van der Waals surface area contributed by atoms with Crippen molar-refractivity contribution < 1.29 is 22.7 Å². The number of benzene rings is 1. The van der Waals surface area contributed by atoms with Crippen LogP contribution in [-0.4, -0.2) is 63.9 Å². The zero-order valence-electron chi connectivity index (χ0n) is 13.2. The lowest BCUT2D eigenvalue weighted by atomic mass is 10.1. The summed E-state index contributed by atoms with van der Waals surface area (Å²) in [6, 6.07) is 4.85. The Morgan fingerprint density at radius 3 is 2.74 bits per heavy atom. The molecule has 126 valence electrons. The maximum absolute atomic E-state index is 12.9. The summed E-state index contributed by atoms with van der Waals surface area (Å²) in [5.41, 5.74) is 0. The van der Waals surface area contributed by atoms with Crippen molar-refractivity contribution >= 4 is 15.9 Å². The molecule has 0 aromatic heterocycles. The van der Waals surface area contributed by atoms with E-state index in [1.54, 1.807) is 26.2 Å². The first-order valence-corrected chi connectivity index (χ1v) is 8.95. The Balaban J connectivity index is 1.87. The molecule has 1 aromatic carbocycles. The predicted octanol–water partition coefficient (Wildman–Crippen LogP) is 0.557. The normalized spacial score (nSPS) is 21.2. The molecule has 2 aliphatic heterocycles. The molecular weight excluding hydrogens is 320 g/mol. The summed E-state index contributed by atoms with van der Waals surface area (Å²) < 4.78 is 38.1. The highest BCUT2D eigenvalue weighted by Crippen LogP contribution is 2.38. The third-order valence-electron chi connectivity index (χ3n) is 4.09. The van der Waals surface area contributed by atoms with Crippen LogP contribution in [0, 0.1) is 5.92 Å². The van der Waals surface area contributed by atoms with Gasteiger partial charge < -0.3 is 14.4 Å². The van der Waals surface area contributed by atoms with Crippen LogP contribution in [0.25, 0.3) is 0 Å². The van der Waals surface area contributed by atoms with Crippen LogP contribution in [0.5, 0.6) is 11.5 Å². The molecule has 2 aliphatic rings. The summed E-state index contributed by atoms with van der Waals surface area (Å²) in [6.45, 7) is 1.25. The van der Waals surface area contributed by atoms with E-state index in [0.29, 0.717) is 31.9 Å². The maximum Gasteiger partial charge on any atom is 0.246 e. The SMILES string of the molecule is CN(C)C(=O)C1CCN(S(=O)(=O)c2cccc3c2OCCO3)C1. The highest BCUT2D eigenvalue weighted by Gasteiger charge is 2.38. The van der Waals surface area contributed by atoms with Crippen LogP contribution in [0.3, 0.4) is 0 Å². The van der Waals surface area contributed by atoms with Gasteiger partial charge in [-0.15, -0.1) is 0 Å². The van der Waals surface area contributed by atoms with Gasteiger partial charge in [0.1, 0.15) is 18.1 Å². The van der Waals surface area contributed by atoms with E-state index >= 15 is 0 Å². The molecule has 0 saturated carbocycles. The Hall–Kier alpha value is -1.80. The highest BCUT2D eigenvalue weighted by molar-refractivity contribution is 7.89. The minimum atomic E-state index is -3.71. The predicted molar refractivity (Wildman–Crippen MR) is 83.0 cm³/mol. The standard InChI is InChI=1S/C15H20N2O5S/c1-16(2)15(18)11-6-7-17(10-11)23(19,20)13-5-3-4-12-14(13)22-9-8-21-12/h3-5,11H,6-10H2,1-2H3. The number of fused-ring (bicyclic) bond motifs is 1. The molecule has 1 amide bonds. The molecule has 23 heavy (non-hydrogen) atoms. The number of carbonyl (C=O) groups is 1. The fourth-order valence-electron chi connectivity index (χ4n) is 2.90. The van der Waals surface area contributed by atoms with E-state index in [1.165, 1.54) is 15.3 Å². The smallest absolute Gasteiger partial charge is 0.246 e. The first-order valence-electron chi connectivity index (χ1n) is 7.51. The molecule has 3 rings (SSSR count). The van der Waals surface area contributed by atoms with Crippen LogP contribution in [0.4, 0.5) is 0 Å². The van der Waals surface area contributed by atoms with Crippen molar-refractivity contribution in [3.63, 3.8) is 0 Å². The van der Waals surface area contributed by atoms with E-state index in [9.17, 15) is 13.2 Å². The number of sulfonamides is 1. The van der Waals surface area contributed by atoms with Gasteiger partial charge in [-0.3, -0.25) is 4.79 Å². The Kier molecular flexibility index (Phi) is 4.20. The number of ether oxygens (including phenoxy) is 2. The summed E-state index contributed by atoms with van der Waals surface area (Å²) >= 11 is 0. The van der Waals surface area contributed by atoms with Crippen molar-refractivity contribution in [3.05, 3.63) is 18.2 Å². The van der Waals surface area contributed by atoms with Crippen molar-refractivity contribution in [1.82, 2.24) is 9.21 Å². The maximum atomic E-state index is 12.9. The minimum absolute atomic E-state index is 0.0441. The van der Waals surface area contributed by atoms with Gasteiger partial charge in [-0.1, -0.05) is 6.07 Å². The van der Waals surface area contributed by atoms with E-state index in [1.807, 2.05) is 0 Å². The summed E-state index contributed by atoms with van der Waals surface area (Å²) in [5.74, 6) is 0.368. The van der Waals surface area contributed by atoms with E-state index in [-0.39, 0.29) is 29.0 Å². The third kappa shape index (κ3) is 2.88. The summed E-state index contributed by atoms with van der Waals surface area (Å²) in [6.07, 6.45) is 0.530. The van der Waals surface area contributed by atoms with E-state index < -0.39 is 10.0 Å². The minimum Gasteiger partial charge on any atom is -0.486 e. The molecular formula is C15H20N2O5S. The number of hydrogen-bond acceptors (Lipinski definition) is 5. The number of amides is 1. The molecule has 0 spiro atoms. The average Bonchev–Trinajstić information content (AvgIpc) is 3.04. The largest absolute Gasteiger partial charge is 0.486 e. The Labute approximate surface area is 135 Å². The van der Waals surface area contributed by atoms with Crippen molar-refractivity contribution in [3.8, 4) is 11.5 Å². The third-order valence-corrected chi connectivity index (χ3v) is 5.98. The van der Waals surface area contributed by atoms with Gasteiger partial charge in [0.2, 0.25) is 15.9 Å². The topological polar surface area (TPSA) is 76.2 Å².